The summed E-state index contributed by atoms with van der Waals surface area (Å²) in [5.74, 6) is -0.190. The fraction of sp³-hybridized carbons (Fsp3) is 0.273. The highest BCUT2D eigenvalue weighted by Gasteiger charge is 2.33. The molecule has 0 unspecified atom stereocenters. The molecule has 0 atom stereocenters. The van der Waals surface area contributed by atoms with Crippen LogP contribution in [0.3, 0.4) is 0 Å². The molecule has 7 nitrogen and oxygen atoms in total. The number of ketones is 1. The highest BCUT2D eigenvalue weighted by molar-refractivity contribution is 6.47. The van der Waals surface area contributed by atoms with E-state index in [-0.39, 0.29) is 23.4 Å². The van der Waals surface area contributed by atoms with E-state index in [0.717, 1.165) is 0 Å². The van der Waals surface area contributed by atoms with Gasteiger partial charge in [0.1, 0.15) is 17.0 Å². The zero-order valence-corrected chi connectivity index (χ0v) is 9.54. The van der Waals surface area contributed by atoms with Crippen LogP contribution in [0, 0.1) is 10.1 Å². The molecule has 94 valence electrons. The lowest BCUT2D eigenvalue weighted by Crippen LogP contribution is -2.24. The number of Topliss-reactive ketones (excluding diaryl/α,β-unsaturated/α-hetero) is 1. The Morgan fingerprint density at radius 3 is 2.72 bits per heavy atom. The maximum atomic E-state index is 12.0. The molecule has 7 heteroatoms. The summed E-state index contributed by atoms with van der Waals surface area (Å²) >= 11 is 0. The number of nitro groups is 1. The third kappa shape index (κ3) is 1.69. The van der Waals surface area contributed by atoms with Gasteiger partial charge in [0.15, 0.2) is 0 Å². The van der Waals surface area contributed by atoms with Gasteiger partial charge in [-0.05, 0) is 12.5 Å². The van der Waals surface area contributed by atoms with E-state index in [1.54, 1.807) is 0 Å². The molecular weight excluding hydrogens is 240 g/mol. The van der Waals surface area contributed by atoms with Crippen LogP contribution < -0.4 is 4.74 Å². The van der Waals surface area contributed by atoms with Crippen molar-refractivity contribution in [1.82, 2.24) is 0 Å². The van der Waals surface area contributed by atoms with Crippen molar-refractivity contribution in [3.63, 3.8) is 0 Å². The first-order valence-electron chi connectivity index (χ1n) is 5.20. The summed E-state index contributed by atoms with van der Waals surface area (Å²) in [6.07, 6.45) is 0.602. The molecule has 1 aliphatic rings. The summed E-state index contributed by atoms with van der Waals surface area (Å²) in [5, 5.41) is 22.5. The van der Waals surface area contributed by atoms with Gasteiger partial charge >= 0.3 is 0 Å². The van der Waals surface area contributed by atoms with Crippen molar-refractivity contribution in [3.8, 4) is 5.75 Å². The first-order chi connectivity index (χ1) is 8.60. The number of ether oxygens (including phenoxy) is 1. The zero-order valence-electron chi connectivity index (χ0n) is 9.54. The van der Waals surface area contributed by atoms with E-state index in [0.29, 0.717) is 17.7 Å². The highest BCUT2D eigenvalue weighted by Crippen LogP contribution is 2.34. The van der Waals surface area contributed by atoms with Crippen molar-refractivity contribution in [1.29, 1.82) is 0 Å². The molecule has 0 fully saturated rings. The van der Waals surface area contributed by atoms with E-state index >= 15 is 0 Å². The number of hydrogen-bond acceptors (Lipinski definition) is 6. The Bertz CT molecular complexity index is 565. The second-order valence-electron chi connectivity index (χ2n) is 3.77. The van der Waals surface area contributed by atoms with Gasteiger partial charge in [-0.25, -0.2) is 0 Å². The van der Waals surface area contributed by atoms with E-state index in [4.69, 9.17) is 9.94 Å². The molecule has 18 heavy (non-hydrogen) atoms. The summed E-state index contributed by atoms with van der Waals surface area (Å²) in [7, 11) is 1.43. The summed E-state index contributed by atoms with van der Waals surface area (Å²) < 4.78 is 5.09. The maximum absolute atomic E-state index is 12.0. The molecule has 2 rings (SSSR count). The molecule has 1 aliphatic carbocycles. The van der Waals surface area contributed by atoms with Crippen LogP contribution in [-0.4, -0.2) is 28.7 Å². The van der Waals surface area contributed by atoms with E-state index in [9.17, 15) is 14.9 Å². The van der Waals surface area contributed by atoms with Crippen molar-refractivity contribution in [3.05, 3.63) is 33.4 Å². The average Bonchev–Trinajstić information content (AvgIpc) is 2.37. The minimum absolute atomic E-state index is 0.0431. The second kappa shape index (κ2) is 4.44. The predicted molar refractivity (Wildman–Crippen MR) is 61.5 cm³/mol. The number of carbonyl (C=O) groups is 1. The van der Waals surface area contributed by atoms with Crippen molar-refractivity contribution in [2.24, 2.45) is 5.16 Å². The number of nitrogens with zero attached hydrogens (tertiary/aromatic N) is 2. The lowest BCUT2D eigenvalue weighted by atomic mass is 9.87. The van der Waals surface area contributed by atoms with Gasteiger partial charge in [-0.3, -0.25) is 14.9 Å². The quantitative estimate of drug-likeness (QED) is 0.487. The molecule has 0 bridgehead atoms. The summed E-state index contributed by atoms with van der Waals surface area (Å²) in [6, 6.07) is 2.68. The van der Waals surface area contributed by atoms with E-state index in [1.165, 1.54) is 19.2 Å². The fourth-order valence-electron chi connectivity index (χ4n) is 2.06. The van der Waals surface area contributed by atoms with Gasteiger partial charge in [0.25, 0.3) is 5.69 Å². The van der Waals surface area contributed by atoms with E-state index in [2.05, 4.69) is 5.16 Å². The Morgan fingerprint density at radius 1 is 1.44 bits per heavy atom. The van der Waals surface area contributed by atoms with Crippen LogP contribution in [0.2, 0.25) is 0 Å². The summed E-state index contributed by atoms with van der Waals surface area (Å²) in [6.45, 7) is 0. The summed E-state index contributed by atoms with van der Waals surface area (Å²) in [4.78, 5) is 22.3. The number of methoxy groups -OCH3 is 1. The van der Waals surface area contributed by atoms with Crippen molar-refractivity contribution >= 4 is 17.2 Å². The van der Waals surface area contributed by atoms with Gasteiger partial charge < -0.3 is 9.94 Å². The van der Waals surface area contributed by atoms with Crippen LogP contribution in [0.4, 0.5) is 5.69 Å². The first-order valence-corrected chi connectivity index (χ1v) is 5.20. The standard InChI is InChI=1S/C11H10N2O5/c1-18-9-5-4-8(13(16)17)10-6(9)2-3-7(12-15)11(10)14/h4-5,15H,2-3H2,1H3. The summed E-state index contributed by atoms with van der Waals surface area (Å²) in [5.41, 5.74) is 0.0815. The molecule has 0 spiro atoms. The number of benzene rings is 1. The van der Waals surface area contributed by atoms with Crippen molar-refractivity contribution in [2.45, 2.75) is 12.8 Å². The fourth-order valence-corrected chi connectivity index (χ4v) is 2.06. The highest BCUT2D eigenvalue weighted by atomic mass is 16.6. The number of nitro benzene ring substituents is 1. The molecule has 1 aromatic rings. The van der Waals surface area contributed by atoms with Gasteiger partial charge in [0.2, 0.25) is 5.78 Å². The SMILES string of the molecule is COc1ccc([N+](=O)[O-])c2c1CCC(=NO)C2=O. The Kier molecular flexibility index (Phi) is 2.97. The van der Waals surface area contributed by atoms with Gasteiger partial charge in [-0.1, -0.05) is 5.16 Å². The predicted octanol–water partition coefficient (Wildman–Crippen LogP) is 1.56. The molecule has 0 aliphatic heterocycles. The van der Waals surface area contributed by atoms with Gasteiger partial charge in [-0.15, -0.1) is 0 Å². The largest absolute Gasteiger partial charge is 0.496 e. The number of oxime groups is 1. The molecule has 1 N–H and O–H groups in total. The minimum Gasteiger partial charge on any atom is -0.496 e. The molecule has 0 radical (unpaired) electrons. The van der Waals surface area contributed by atoms with Gasteiger partial charge in [0.05, 0.1) is 12.0 Å². The Balaban J connectivity index is 2.71. The monoisotopic (exact) mass is 250 g/mol. The number of carbonyl (C=O) groups excluding carboxylic acids is 1. The van der Waals surface area contributed by atoms with E-state index < -0.39 is 10.7 Å². The van der Waals surface area contributed by atoms with Crippen molar-refractivity contribution in [2.75, 3.05) is 7.11 Å². The first kappa shape index (κ1) is 12.0. The van der Waals surface area contributed by atoms with Crippen LogP contribution in [0.25, 0.3) is 0 Å². The van der Waals surface area contributed by atoms with Gasteiger partial charge in [0, 0.05) is 18.1 Å². The second-order valence-corrected chi connectivity index (χ2v) is 3.77. The van der Waals surface area contributed by atoms with Crippen LogP contribution in [0.1, 0.15) is 22.3 Å². The maximum Gasteiger partial charge on any atom is 0.281 e. The van der Waals surface area contributed by atoms with Crippen LogP contribution in [0.15, 0.2) is 17.3 Å². The number of hydrogen-bond donors (Lipinski definition) is 1. The molecule has 0 amide bonds. The molecule has 0 saturated heterocycles. The Hall–Kier alpha value is -2.44. The Morgan fingerprint density at radius 2 is 2.17 bits per heavy atom. The average molecular weight is 250 g/mol. The topological polar surface area (TPSA) is 102 Å². The lowest BCUT2D eigenvalue weighted by Gasteiger charge is -2.18. The van der Waals surface area contributed by atoms with Crippen LogP contribution in [0.5, 0.6) is 5.75 Å². The molecular formula is C11H10N2O5. The minimum atomic E-state index is -0.628. The lowest BCUT2D eigenvalue weighted by molar-refractivity contribution is -0.385. The van der Waals surface area contributed by atoms with Crippen LogP contribution >= 0.6 is 0 Å². The molecule has 0 saturated carbocycles. The van der Waals surface area contributed by atoms with Crippen molar-refractivity contribution < 1.29 is 19.7 Å². The molecule has 0 aromatic heterocycles. The van der Waals surface area contributed by atoms with Gasteiger partial charge in [-0.2, -0.15) is 0 Å². The molecule has 1 aromatic carbocycles. The number of fused-ring (bicyclic) bond motifs is 1. The van der Waals surface area contributed by atoms with Crippen LogP contribution in [-0.2, 0) is 6.42 Å². The van der Waals surface area contributed by atoms with E-state index in [1.807, 2.05) is 0 Å². The number of rotatable bonds is 2. The molecule has 0 heterocycles. The normalized spacial score (nSPS) is 16.5. The Labute approximate surface area is 102 Å². The smallest absolute Gasteiger partial charge is 0.281 e. The third-order valence-corrected chi connectivity index (χ3v) is 2.89. The third-order valence-electron chi connectivity index (χ3n) is 2.89. The zero-order chi connectivity index (χ0) is 13.3.